The van der Waals surface area contributed by atoms with Crippen molar-refractivity contribution in [2.75, 3.05) is 5.73 Å². The zero-order valence-corrected chi connectivity index (χ0v) is 81.1. The molecular weight excluding hydrogens is 1600 g/mol. The summed E-state index contributed by atoms with van der Waals surface area (Å²) in [6, 6.07) is 82.9. The number of carbonyl (C=O) groups is 4. The van der Waals surface area contributed by atoms with E-state index in [1.54, 1.807) is 44.5 Å². The quantitative estimate of drug-likeness (QED) is 0.0705. The molecule has 0 saturated carbocycles. The predicted octanol–water partition coefficient (Wildman–Crippen LogP) is 26.4. The van der Waals surface area contributed by atoms with Crippen LogP contribution in [0.3, 0.4) is 0 Å². The number of benzene rings is 10. The van der Waals surface area contributed by atoms with Gasteiger partial charge in [-0.15, -0.1) is 0 Å². The third-order valence-electron chi connectivity index (χ3n) is 21.4. The Bertz CT molecular complexity index is 6170. The molecule has 4 aromatic heterocycles. The molecule has 0 fully saturated rings. The zero-order chi connectivity index (χ0) is 95.7. The van der Waals surface area contributed by atoms with E-state index in [-0.39, 0.29) is 61.0 Å². The van der Waals surface area contributed by atoms with E-state index in [0.29, 0.717) is 30.4 Å². The highest BCUT2D eigenvalue weighted by Gasteiger charge is 2.25. The van der Waals surface area contributed by atoms with Gasteiger partial charge >= 0.3 is 0 Å². The average Bonchev–Trinajstić information content (AvgIpc) is 1.76. The van der Waals surface area contributed by atoms with E-state index in [9.17, 15) is 19.2 Å². The fourth-order valence-electron chi connectivity index (χ4n) is 13.6. The summed E-state index contributed by atoms with van der Waals surface area (Å²) >= 11 is 0. The Balaban J connectivity index is 0.000000187. The van der Waals surface area contributed by atoms with Gasteiger partial charge < -0.3 is 10.5 Å². The molecule has 16 nitrogen and oxygen atoms in total. The van der Waals surface area contributed by atoms with Crippen molar-refractivity contribution < 1.29 is 23.9 Å². The van der Waals surface area contributed by atoms with Gasteiger partial charge in [-0.05, 0) is 178 Å². The molecule has 0 bridgehead atoms. The average molecular weight is 1740 g/mol. The number of carbonyl (C=O) groups excluding carboxylic acids is 4. The fourth-order valence-corrected chi connectivity index (χ4v) is 13.6. The van der Waals surface area contributed by atoms with Gasteiger partial charge in [-0.25, -0.2) is 0 Å². The fraction of sp³-hybridized carbons (Fsp3) is 0.316. The summed E-state index contributed by atoms with van der Waals surface area (Å²) in [5, 5.41) is 34.3. The molecule has 0 saturated heterocycles. The molecule has 0 spiro atoms. The molecule has 0 aliphatic rings. The summed E-state index contributed by atoms with van der Waals surface area (Å²) in [5.41, 5.74) is 28.5. The van der Waals surface area contributed by atoms with Crippen LogP contribution in [0.25, 0.3) is 33.4 Å². The molecule has 16 heteroatoms. The van der Waals surface area contributed by atoms with Gasteiger partial charge in [0.25, 0.3) is 0 Å². The lowest BCUT2D eigenvalue weighted by atomic mass is 9.85. The first-order valence-electron chi connectivity index (χ1n) is 44.2. The number of ketones is 4. The summed E-state index contributed by atoms with van der Waals surface area (Å²) in [6.45, 7) is 45.0. The van der Waals surface area contributed by atoms with Crippen LogP contribution >= 0.6 is 0 Å². The first-order valence-corrected chi connectivity index (χ1v) is 44.2. The van der Waals surface area contributed by atoms with Crippen LogP contribution in [-0.4, -0.2) is 62.3 Å². The van der Waals surface area contributed by atoms with Crippen LogP contribution in [0.5, 0.6) is 11.5 Å². The van der Waals surface area contributed by atoms with Crippen molar-refractivity contribution in [3.05, 3.63) is 376 Å². The number of aromatic nitrogens is 8. The minimum absolute atomic E-state index is 0.0248. The third-order valence-corrected chi connectivity index (χ3v) is 21.4. The van der Waals surface area contributed by atoms with E-state index < -0.39 is 0 Å². The molecule has 2 N–H and O–H groups in total. The van der Waals surface area contributed by atoms with Crippen molar-refractivity contribution in [3.8, 4) is 57.0 Å². The van der Waals surface area contributed by atoms with Gasteiger partial charge in [0.2, 0.25) is 0 Å². The van der Waals surface area contributed by atoms with Crippen LogP contribution in [0, 0.1) is 33.5 Å². The third kappa shape index (κ3) is 32.6. The minimum atomic E-state index is -0.337. The highest BCUT2D eigenvalue weighted by molar-refractivity contribution is 6.01. The van der Waals surface area contributed by atoms with Crippen molar-refractivity contribution in [1.29, 1.82) is 10.5 Å². The van der Waals surface area contributed by atoms with E-state index in [1.807, 2.05) is 255 Å². The van der Waals surface area contributed by atoms with Gasteiger partial charge in [-0.3, -0.25) is 37.9 Å². The lowest BCUT2D eigenvalue weighted by Gasteiger charge is -2.19. The summed E-state index contributed by atoms with van der Waals surface area (Å²) in [7, 11) is 7.60. The summed E-state index contributed by atoms with van der Waals surface area (Å²) in [4.78, 5) is 49.2. The number of anilines is 1. The number of aryl methyl sites for hydroxylation is 4. The standard InChI is InChI=1S/2C19H19NO.C16H20N2O.C16H18O.C15H21N3.C15H18N2O.C14H18N2/c1-19(2,3)17-9-5-8-16(12-17)18(21)11-14-6-4-7-15(10-14)13-20;1-19(2,3)17-6-4-5-16(12-17)18(21)11-14-7-9-15(13-20)10-8-14;1-16(2,3)14-7-5-6-13(9-14)15(19)8-12-10-17-18(4)11-12;1-16(2,3)13-8-7-11-15(12-13)17-14-9-5-4-6-10-14;1-15(2,3)8-12-6-5-11(7-14(12)16)13-9-17-18(4)10-13;1-15(2,3)14(18)12-7-5-11(6-8-12)13-9-16-17(4)10-13;1-14(2,3)13-7-5-6-11(8-13)12-9-15-16(4)10-12/h2*4-10,12H,11H2,1-3H3;5-7,9-11H,8H2,1-4H3;4-12H,1-3H3;5-7,9-10H,8,16H2,1-4H3;5-10H,1-4H3;5-10H,1-4H3. The number of hydrogen-bond donors (Lipinski definition) is 1. The second-order valence-electron chi connectivity index (χ2n) is 40.5. The molecule has 674 valence electrons. The van der Waals surface area contributed by atoms with E-state index >= 15 is 0 Å². The largest absolute Gasteiger partial charge is 0.457 e. The van der Waals surface area contributed by atoms with Crippen molar-refractivity contribution >= 4 is 28.8 Å². The summed E-state index contributed by atoms with van der Waals surface area (Å²) in [5.74, 6) is 2.25. The molecule has 0 unspecified atom stereocenters. The van der Waals surface area contributed by atoms with Crippen LogP contribution in [0.2, 0.25) is 0 Å². The predicted molar refractivity (Wildman–Crippen MR) is 533 cm³/mol. The molecule has 4 heterocycles. The molecule has 10 aromatic carbocycles. The van der Waals surface area contributed by atoms with Gasteiger partial charge in [-0.2, -0.15) is 30.9 Å². The monoisotopic (exact) mass is 1740 g/mol. The number of nitrogen functional groups attached to an aromatic ring is 1. The van der Waals surface area contributed by atoms with Crippen LogP contribution in [0.4, 0.5) is 5.69 Å². The van der Waals surface area contributed by atoms with Crippen molar-refractivity contribution in [2.45, 2.75) is 198 Å². The number of para-hydroxylation sites is 1. The second-order valence-corrected chi connectivity index (χ2v) is 40.5. The SMILES string of the molecule is CC(C)(C)c1cccc(C(=O)Cc2ccc(C#N)cc2)c1.CC(C)(C)c1cccc(C(=O)Cc2cccc(C#N)c2)c1.CC(C)(C)c1cccc(Oc2ccccc2)c1.Cn1cc(-c2ccc(C(=O)C(C)(C)C)cc2)cn1.Cn1cc(-c2ccc(CC(C)(C)C)c(N)c2)cn1.Cn1cc(-c2cccc(C(C)(C)C)c2)cn1.Cn1cc(CC(=O)c2cccc(C(C)(C)C)c2)cn1. The molecule has 0 amide bonds. The number of nitrogens with zero attached hydrogens (tertiary/aromatic N) is 10. The number of nitrogens with two attached hydrogens (primary N) is 1. The number of rotatable bonds is 16. The van der Waals surface area contributed by atoms with E-state index in [1.165, 1.54) is 33.4 Å². The number of ether oxygens (including phenoxy) is 1. The highest BCUT2D eigenvalue weighted by atomic mass is 16.5. The minimum Gasteiger partial charge on any atom is -0.457 e. The highest BCUT2D eigenvalue weighted by Crippen LogP contribution is 2.34. The molecule has 0 atom stereocenters. The molecule has 14 aromatic rings. The lowest BCUT2D eigenvalue weighted by molar-refractivity contribution is 0.0857. The van der Waals surface area contributed by atoms with Crippen LogP contribution in [0.1, 0.15) is 248 Å². The smallest absolute Gasteiger partial charge is 0.168 e. The topological polar surface area (TPSA) is 222 Å². The maximum Gasteiger partial charge on any atom is 0.168 e. The molecule has 14 rings (SSSR count). The molecule has 0 aliphatic heterocycles. The molecule has 130 heavy (non-hydrogen) atoms. The van der Waals surface area contributed by atoms with Crippen LogP contribution in [0.15, 0.2) is 292 Å². The van der Waals surface area contributed by atoms with Crippen molar-refractivity contribution in [2.24, 2.45) is 39.0 Å². The molecular formula is C114H133N11O5. The van der Waals surface area contributed by atoms with Gasteiger partial charge in [0.05, 0.1) is 48.1 Å². The van der Waals surface area contributed by atoms with Gasteiger partial charge in [0.1, 0.15) is 11.5 Å². The normalized spacial score (nSPS) is 11.4. The molecule has 0 radical (unpaired) electrons. The summed E-state index contributed by atoms with van der Waals surface area (Å²) in [6.07, 6.45) is 17.3. The van der Waals surface area contributed by atoms with Crippen molar-refractivity contribution in [1.82, 2.24) is 39.1 Å². The lowest BCUT2D eigenvalue weighted by Crippen LogP contribution is -2.19. The first kappa shape index (κ1) is 102. The Morgan fingerprint density at radius 2 is 0.700 bits per heavy atom. The van der Waals surface area contributed by atoms with Crippen LogP contribution < -0.4 is 10.5 Å². The Morgan fingerprint density at radius 1 is 0.323 bits per heavy atom. The Morgan fingerprint density at radius 3 is 1.11 bits per heavy atom. The maximum absolute atomic E-state index is 12.4. The number of Topliss-reactive ketones (excluding diaryl/α,β-unsaturated/α-hetero) is 4. The first-order chi connectivity index (χ1) is 60.9. The van der Waals surface area contributed by atoms with Gasteiger partial charge in [0, 0.05) is 122 Å². The van der Waals surface area contributed by atoms with Crippen LogP contribution in [-0.2, 0) is 80.9 Å². The molecule has 0 aliphatic carbocycles. The maximum atomic E-state index is 12.4. The van der Waals surface area contributed by atoms with Crippen molar-refractivity contribution in [3.63, 3.8) is 0 Å². The zero-order valence-electron chi connectivity index (χ0n) is 81.1. The van der Waals surface area contributed by atoms with E-state index in [0.717, 1.165) is 95.9 Å². The van der Waals surface area contributed by atoms with Gasteiger partial charge in [-0.1, -0.05) is 315 Å². The Labute approximate surface area is 773 Å². The summed E-state index contributed by atoms with van der Waals surface area (Å²) < 4.78 is 12.9. The Hall–Kier alpha value is -13.7. The number of nitriles is 2. The van der Waals surface area contributed by atoms with Gasteiger partial charge in [0.15, 0.2) is 23.1 Å². The Kier molecular flexibility index (Phi) is 35.1. The second kappa shape index (κ2) is 44.8. The van der Waals surface area contributed by atoms with E-state index in [4.69, 9.17) is 21.0 Å². The van der Waals surface area contributed by atoms with E-state index in [2.05, 4.69) is 218 Å². The number of hydrogen-bond acceptors (Lipinski definition) is 12.